The van der Waals surface area contributed by atoms with Gasteiger partial charge in [-0.2, -0.15) is 0 Å². The van der Waals surface area contributed by atoms with E-state index in [2.05, 4.69) is 15.4 Å². The first kappa shape index (κ1) is 16.7. The van der Waals surface area contributed by atoms with E-state index in [1.807, 2.05) is 0 Å². The zero-order valence-corrected chi connectivity index (χ0v) is 11.8. The van der Waals surface area contributed by atoms with Crippen LogP contribution in [0.2, 0.25) is 0 Å². The molecule has 0 unspecified atom stereocenters. The van der Waals surface area contributed by atoms with E-state index in [9.17, 15) is 19.2 Å². The highest BCUT2D eigenvalue weighted by atomic mass is 16.5. The first-order valence-corrected chi connectivity index (χ1v) is 6.55. The van der Waals surface area contributed by atoms with Crippen LogP contribution in [-0.2, 0) is 19.1 Å². The first-order chi connectivity index (χ1) is 9.93. The number of carbonyl (C=O) groups is 4. The lowest BCUT2D eigenvalue weighted by Crippen LogP contribution is -2.49. The Morgan fingerprint density at radius 3 is 2.81 bits per heavy atom. The average Bonchev–Trinajstić information content (AvgIpc) is 2.67. The smallest absolute Gasteiger partial charge is 0.326 e. The molecule has 1 atom stereocenters. The monoisotopic (exact) mass is 301 g/mol. The number of aliphatic carboxylic acids is 1. The van der Waals surface area contributed by atoms with E-state index < -0.39 is 24.0 Å². The van der Waals surface area contributed by atoms with Crippen LogP contribution in [0.4, 0.5) is 4.79 Å². The molecule has 118 valence electrons. The third-order valence-corrected chi connectivity index (χ3v) is 3.01. The summed E-state index contributed by atoms with van der Waals surface area (Å²) in [7, 11) is 1.20. The van der Waals surface area contributed by atoms with Crippen molar-refractivity contribution in [3.8, 4) is 0 Å². The van der Waals surface area contributed by atoms with Gasteiger partial charge in [0.2, 0.25) is 5.91 Å². The molecule has 0 spiro atoms. The van der Waals surface area contributed by atoms with E-state index in [1.54, 1.807) is 0 Å². The zero-order chi connectivity index (χ0) is 15.8. The van der Waals surface area contributed by atoms with Crippen molar-refractivity contribution in [2.45, 2.75) is 25.3 Å². The Bertz CT molecular complexity index is 425. The van der Waals surface area contributed by atoms with Gasteiger partial charge in [0.05, 0.1) is 7.11 Å². The second kappa shape index (κ2) is 8.08. The predicted octanol–water partition coefficient (Wildman–Crippen LogP) is -1.08. The minimum atomic E-state index is -1.24. The molecule has 0 bridgehead atoms. The number of rotatable bonds is 5. The molecule has 0 aliphatic carbocycles. The predicted molar refractivity (Wildman–Crippen MR) is 70.4 cm³/mol. The number of amides is 3. The summed E-state index contributed by atoms with van der Waals surface area (Å²) in [5, 5.41) is 14.0. The van der Waals surface area contributed by atoms with Gasteiger partial charge < -0.3 is 25.4 Å². The van der Waals surface area contributed by atoms with Crippen molar-refractivity contribution < 1.29 is 29.0 Å². The first-order valence-electron chi connectivity index (χ1n) is 6.55. The lowest BCUT2D eigenvalue weighted by molar-refractivity contribution is -0.142. The SMILES string of the molecule is COC(=O)CC[C@@H](NC(=O)N1CCCNC(=O)C1)C(=O)O. The zero-order valence-electron chi connectivity index (χ0n) is 11.8. The van der Waals surface area contributed by atoms with Gasteiger partial charge in [-0.1, -0.05) is 0 Å². The highest BCUT2D eigenvalue weighted by Crippen LogP contribution is 2.03. The van der Waals surface area contributed by atoms with Gasteiger partial charge in [0, 0.05) is 19.5 Å². The maximum Gasteiger partial charge on any atom is 0.326 e. The fraction of sp³-hybridized carbons (Fsp3) is 0.667. The molecule has 9 heteroatoms. The van der Waals surface area contributed by atoms with Gasteiger partial charge in [0.1, 0.15) is 12.6 Å². The van der Waals surface area contributed by atoms with Gasteiger partial charge >= 0.3 is 18.0 Å². The van der Waals surface area contributed by atoms with Gasteiger partial charge in [0.15, 0.2) is 0 Å². The Hall–Kier alpha value is -2.32. The maximum absolute atomic E-state index is 12.0. The number of carbonyl (C=O) groups excluding carboxylic acids is 3. The summed E-state index contributed by atoms with van der Waals surface area (Å²) in [5.41, 5.74) is 0. The number of hydrogen-bond donors (Lipinski definition) is 3. The number of nitrogens with zero attached hydrogens (tertiary/aromatic N) is 1. The molecular formula is C12H19N3O6. The Morgan fingerprint density at radius 1 is 1.48 bits per heavy atom. The van der Waals surface area contributed by atoms with Crippen molar-refractivity contribution in [2.75, 3.05) is 26.7 Å². The van der Waals surface area contributed by atoms with Crippen molar-refractivity contribution in [1.29, 1.82) is 0 Å². The third-order valence-electron chi connectivity index (χ3n) is 3.01. The topological polar surface area (TPSA) is 125 Å². The summed E-state index contributed by atoms with van der Waals surface area (Å²) < 4.78 is 4.42. The number of hydrogen-bond acceptors (Lipinski definition) is 5. The highest BCUT2D eigenvalue weighted by molar-refractivity contribution is 5.87. The van der Waals surface area contributed by atoms with E-state index in [0.29, 0.717) is 19.5 Å². The summed E-state index contributed by atoms with van der Waals surface area (Å²) in [4.78, 5) is 46.7. The molecule has 0 aromatic heterocycles. The van der Waals surface area contributed by atoms with E-state index in [1.165, 1.54) is 12.0 Å². The number of carboxylic acid groups (broad SMARTS) is 1. The van der Waals surface area contributed by atoms with Crippen LogP contribution in [0.1, 0.15) is 19.3 Å². The molecule has 0 aromatic rings. The number of ether oxygens (including phenoxy) is 1. The van der Waals surface area contributed by atoms with Crippen molar-refractivity contribution in [1.82, 2.24) is 15.5 Å². The van der Waals surface area contributed by atoms with Gasteiger partial charge in [-0.15, -0.1) is 0 Å². The molecule has 9 nitrogen and oxygen atoms in total. The lowest BCUT2D eigenvalue weighted by atomic mass is 10.1. The van der Waals surface area contributed by atoms with Gasteiger partial charge in [-0.05, 0) is 12.8 Å². The Balaban J connectivity index is 2.56. The van der Waals surface area contributed by atoms with E-state index in [0.717, 1.165) is 0 Å². The molecule has 0 saturated carbocycles. The van der Waals surface area contributed by atoms with Crippen LogP contribution < -0.4 is 10.6 Å². The normalized spacial score (nSPS) is 16.4. The van der Waals surface area contributed by atoms with Gasteiger partial charge in [0.25, 0.3) is 0 Å². The van der Waals surface area contributed by atoms with E-state index >= 15 is 0 Å². The van der Waals surface area contributed by atoms with Crippen molar-refractivity contribution in [3.63, 3.8) is 0 Å². The molecule has 1 heterocycles. The minimum Gasteiger partial charge on any atom is -0.480 e. The summed E-state index contributed by atoms with van der Waals surface area (Å²) in [6.07, 6.45) is 0.404. The quantitative estimate of drug-likeness (QED) is 0.555. The van der Waals surface area contributed by atoms with Crippen molar-refractivity contribution in [3.05, 3.63) is 0 Å². The number of urea groups is 1. The van der Waals surface area contributed by atoms with Crippen LogP contribution in [-0.4, -0.2) is 66.7 Å². The van der Waals surface area contributed by atoms with Gasteiger partial charge in [-0.25, -0.2) is 9.59 Å². The fourth-order valence-corrected chi connectivity index (χ4v) is 1.84. The molecule has 1 aliphatic heterocycles. The lowest BCUT2D eigenvalue weighted by Gasteiger charge is -2.22. The van der Waals surface area contributed by atoms with Crippen LogP contribution in [0.5, 0.6) is 0 Å². The molecule has 0 radical (unpaired) electrons. The molecule has 1 aliphatic rings. The van der Waals surface area contributed by atoms with Crippen LogP contribution in [0.3, 0.4) is 0 Å². The Labute approximate surface area is 121 Å². The minimum absolute atomic E-state index is 0.0756. The number of nitrogens with one attached hydrogen (secondary N) is 2. The summed E-state index contributed by atoms with van der Waals surface area (Å²) >= 11 is 0. The van der Waals surface area contributed by atoms with Crippen LogP contribution in [0.25, 0.3) is 0 Å². The Kier molecular flexibility index (Phi) is 6.44. The third kappa shape index (κ3) is 5.67. The average molecular weight is 301 g/mol. The molecule has 1 fully saturated rings. The van der Waals surface area contributed by atoms with E-state index in [-0.39, 0.29) is 25.3 Å². The standard InChI is InChI=1S/C12H19N3O6/c1-21-10(17)4-3-8(11(18)19)14-12(20)15-6-2-5-13-9(16)7-15/h8H,2-7H2,1H3,(H,13,16)(H,14,20)(H,18,19)/t8-/m1/s1. The highest BCUT2D eigenvalue weighted by Gasteiger charge is 2.26. The maximum atomic E-state index is 12.0. The fourth-order valence-electron chi connectivity index (χ4n) is 1.84. The summed E-state index contributed by atoms with van der Waals surface area (Å²) in [6.45, 7) is 0.719. The second-order valence-electron chi connectivity index (χ2n) is 4.58. The van der Waals surface area contributed by atoms with Crippen LogP contribution >= 0.6 is 0 Å². The van der Waals surface area contributed by atoms with Crippen LogP contribution in [0, 0.1) is 0 Å². The second-order valence-corrected chi connectivity index (χ2v) is 4.58. The number of methoxy groups -OCH3 is 1. The largest absolute Gasteiger partial charge is 0.480 e. The van der Waals surface area contributed by atoms with E-state index in [4.69, 9.17) is 5.11 Å². The summed E-state index contributed by atoms with van der Waals surface area (Å²) in [5.74, 6) is -2.08. The van der Waals surface area contributed by atoms with Crippen molar-refractivity contribution in [2.24, 2.45) is 0 Å². The molecule has 0 aromatic carbocycles. The molecule has 3 N–H and O–H groups in total. The molecule has 3 amide bonds. The Morgan fingerprint density at radius 2 is 2.19 bits per heavy atom. The van der Waals surface area contributed by atoms with Crippen LogP contribution in [0.15, 0.2) is 0 Å². The van der Waals surface area contributed by atoms with Gasteiger partial charge in [-0.3, -0.25) is 9.59 Å². The molecule has 1 saturated heterocycles. The number of esters is 1. The summed E-state index contributed by atoms with van der Waals surface area (Å²) in [6, 6.07) is -1.84. The molecule has 1 rings (SSSR count). The molecule has 21 heavy (non-hydrogen) atoms. The number of carboxylic acids is 1. The van der Waals surface area contributed by atoms with Crippen molar-refractivity contribution >= 4 is 23.9 Å². The molecular weight excluding hydrogens is 282 g/mol.